The standard InChI is InChI=1S/C11H17N3O2/c1-2-14-6-5-12-11(14)13-9-4-3-8(7-9)10(15)16/h5-6,8-9H,2-4,7H2,1H3,(H,12,13)(H,15,16)/t8-,9+/m1/s1. The van der Waals surface area contributed by atoms with Gasteiger partial charge in [-0.3, -0.25) is 4.79 Å². The fourth-order valence-electron chi connectivity index (χ4n) is 2.22. The van der Waals surface area contributed by atoms with Gasteiger partial charge in [-0.05, 0) is 26.2 Å². The molecule has 0 spiro atoms. The minimum Gasteiger partial charge on any atom is -0.481 e. The van der Waals surface area contributed by atoms with E-state index < -0.39 is 5.97 Å². The zero-order chi connectivity index (χ0) is 11.5. The topological polar surface area (TPSA) is 67.2 Å². The van der Waals surface area contributed by atoms with Gasteiger partial charge in [-0.2, -0.15) is 0 Å². The molecule has 2 N–H and O–H groups in total. The largest absolute Gasteiger partial charge is 0.481 e. The molecule has 1 aliphatic carbocycles. The van der Waals surface area contributed by atoms with Crippen LogP contribution in [0.25, 0.3) is 0 Å². The fraction of sp³-hybridized carbons (Fsp3) is 0.636. The van der Waals surface area contributed by atoms with Crippen LogP contribution >= 0.6 is 0 Å². The summed E-state index contributed by atoms with van der Waals surface area (Å²) in [6.45, 7) is 2.93. The molecule has 0 amide bonds. The molecule has 1 heterocycles. The molecule has 2 rings (SSSR count). The van der Waals surface area contributed by atoms with E-state index in [2.05, 4.69) is 17.2 Å². The first kappa shape index (κ1) is 11.0. The third-order valence-corrected chi connectivity index (χ3v) is 3.17. The van der Waals surface area contributed by atoms with Crippen LogP contribution in [0.2, 0.25) is 0 Å². The van der Waals surface area contributed by atoms with Crippen LogP contribution in [-0.2, 0) is 11.3 Å². The Hall–Kier alpha value is -1.52. The van der Waals surface area contributed by atoms with E-state index in [9.17, 15) is 4.79 Å². The number of carboxylic acid groups (broad SMARTS) is 1. The number of hydrogen-bond donors (Lipinski definition) is 2. The van der Waals surface area contributed by atoms with Crippen LogP contribution in [0.1, 0.15) is 26.2 Å². The van der Waals surface area contributed by atoms with E-state index >= 15 is 0 Å². The third-order valence-electron chi connectivity index (χ3n) is 3.17. The lowest BCUT2D eigenvalue weighted by Gasteiger charge is -2.14. The van der Waals surface area contributed by atoms with Gasteiger partial charge in [0.05, 0.1) is 5.92 Å². The van der Waals surface area contributed by atoms with E-state index in [1.807, 2.05) is 10.8 Å². The normalized spacial score (nSPS) is 24.6. The highest BCUT2D eigenvalue weighted by atomic mass is 16.4. The smallest absolute Gasteiger partial charge is 0.306 e. The van der Waals surface area contributed by atoms with Gasteiger partial charge in [0.1, 0.15) is 0 Å². The summed E-state index contributed by atoms with van der Waals surface area (Å²) in [7, 11) is 0. The van der Waals surface area contributed by atoms with Crippen molar-refractivity contribution in [3.05, 3.63) is 12.4 Å². The van der Waals surface area contributed by atoms with E-state index in [0.29, 0.717) is 6.42 Å². The maximum Gasteiger partial charge on any atom is 0.306 e. The summed E-state index contributed by atoms with van der Waals surface area (Å²) in [6, 6.07) is 0.244. The number of carboxylic acids is 1. The predicted molar refractivity (Wildman–Crippen MR) is 60.3 cm³/mol. The van der Waals surface area contributed by atoms with Crippen LogP contribution in [0.5, 0.6) is 0 Å². The van der Waals surface area contributed by atoms with Crippen molar-refractivity contribution in [3.8, 4) is 0 Å². The van der Waals surface area contributed by atoms with E-state index in [1.165, 1.54) is 0 Å². The van der Waals surface area contributed by atoms with Gasteiger partial charge in [0.25, 0.3) is 0 Å². The maximum atomic E-state index is 10.8. The van der Waals surface area contributed by atoms with E-state index in [-0.39, 0.29) is 12.0 Å². The Kier molecular flexibility index (Phi) is 3.12. The molecule has 0 radical (unpaired) electrons. The van der Waals surface area contributed by atoms with Crippen LogP contribution in [0, 0.1) is 5.92 Å². The number of imidazole rings is 1. The molecule has 88 valence electrons. The third kappa shape index (κ3) is 2.18. The van der Waals surface area contributed by atoms with Gasteiger partial charge >= 0.3 is 5.97 Å². The van der Waals surface area contributed by atoms with Crippen molar-refractivity contribution in [3.63, 3.8) is 0 Å². The highest BCUT2D eigenvalue weighted by Gasteiger charge is 2.30. The number of rotatable bonds is 4. The molecule has 1 aromatic heterocycles. The molecule has 0 aliphatic heterocycles. The number of hydrogen-bond acceptors (Lipinski definition) is 3. The zero-order valence-electron chi connectivity index (χ0n) is 9.39. The minimum atomic E-state index is -0.678. The summed E-state index contributed by atoms with van der Waals surface area (Å²) in [6.07, 6.45) is 6.06. The quantitative estimate of drug-likeness (QED) is 0.813. The van der Waals surface area contributed by atoms with Crippen LogP contribution in [-0.4, -0.2) is 26.7 Å². The number of nitrogens with zero attached hydrogens (tertiary/aromatic N) is 2. The Morgan fingerprint density at radius 2 is 2.50 bits per heavy atom. The van der Waals surface area contributed by atoms with Crippen molar-refractivity contribution in [1.29, 1.82) is 0 Å². The Bertz CT molecular complexity index is 375. The van der Waals surface area contributed by atoms with Crippen molar-refractivity contribution < 1.29 is 9.90 Å². The number of carbonyl (C=O) groups is 1. The second-order valence-corrected chi connectivity index (χ2v) is 4.23. The van der Waals surface area contributed by atoms with Gasteiger partial charge in [-0.1, -0.05) is 0 Å². The van der Waals surface area contributed by atoms with Crippen LogP contribution < -0.4 is 5.32 Å². The van der Waals surface area contributed by atoms with Crippen molar-refractivity contribution in [2.24, 2.45) is 5.92 Å². The molecule has 0 unspecified atom stereocenters. The summed E-state index contributed by atoms with van der Waals surface area (Å²) >= 11 is 0. The van der Waals surface area contributed by atoms with Crippen molar-refractivity contribution in [2.75, 3.05) is 5.32 Å². The predicted octanol–water partition coefficient (Wildman–Crippen LogP) is 1.57. The summed E-state index contributed by atoms with van der Waals surface area (Å²) in [4.78, 5) is 15.0. The second kappa shape index (κ2) is 4.55. The molecule has 1 fully saturated rings. The summed E-state index contributed by atoms with van der Waals surface area (Å²) < 4.78 is 2.02. The van der Waals surface area contributed by atoms with Crippen molar-refractivity contribution >= 4 is 11.9 Å². The molecule has 1 aliphatic rings. The Morgan fingerprint density at radius 3 is 3.12 bits per heavy atom. The van der Waals surface area contributed by atoms with Crippen LogP contribution in [0.3, 0.4) is 0 Å². The van der Waals surface area contributed by atoms with E-state index in [0.717, 1.165) is 25.3 Å². The molecule has 0 bridgehead atoms. The average molecular weight is 223 g/mol. The van der Waals surface area contributed by atoms with Gasteiger partial charge in [0.2, 0.25) is 5.95 Å². The number of anilines is 1. The lowest BCUT2D eigenvalue weighted by Crippen LogP contribution is -2.20. The molecule has 16 heavy (non-hydrogen) atoms. The highest BCUT2D eigenvalue weighted by Crippen LogP contribution is 2.27. The molecule has 1 saturated carbocycles. The first-order valence-corrected chi connectivity index (χ1v) is 5.71. The first-order valence-electron chi connectivity index (χ1n) is 5.71. The van der Waals surface area contributed by atoms with Crippen molar-refractivity contribution in [2.45, 2.75) is 38.8 Å². The monoisotopic (exact) mass is 223 g/mol. The Labute approximate surface area is 94.5 Å². The van der Waals surface area contributed by atoms with Gasteiger partial charge in [0, 0.05) is 25.0 Å². The summed E-state index contributed by atoms with van der Waals surface area (Å²) in [5.74, 6) is -0.0239. The van der Waals surface area contributed by atoms with Crippen molar-refractivity contribution in [1.82, 2.24) is 9.55 Å². The van der Waals surface area contributed by atoms with Crippen LogP contribution in [0.15, 0.2) is 12.4 Å². The van der Waals surface area contributed by atoms with Gasteiger partial charge in [0.15, 0.2) is 0 Å². The molecule has 1 aromatic rings. The Balaban J connectivity index is 1.94. The molecule has 2 atom stereocenters. The fourth-order valence-corrected chi connectivity index (χ4v) is 2.22. The minimum absolute atomic E-state index is 0.192. The molecule has 0 saturated heterocycles. The molecule has 5 nitrogen and oxygen atoms in total. The number of aliphatic carboxylic acids is 1. The molecular formula is C11H17N3O2. The van der Waals surface area contributed by atoms with Crippen LogP contribution in [0.4, 0.5) is 5.95 Å². The van der Waals surface area contributed by atoms with Gasteiger partial charge < -0.3 is 15.0 Å². The first-order chi connectivity index (χ1) is 7.70. The average Bonchev–Trinajstić information content (AvgIpc) is 2.87. The SMILES string of the molecule is CCn1ccnc1N[C@H]1CC[C@@H](C(=O)O)C1. The number of nitrogens with one attached hydrogen (secondary N) is 1. The van der Waals surface area contributed by atoms with E-state index in [1.54, 1.807) is 6.20 Å². The molecular weight excluding hydrogens is 206 g/mol. The number of aryl methyl sites for hydroxylation is 1. The lowest BCUT2D eigenvalue weighted by atomic mass is 10.1. The summed E-state index contributed by atoms with van der Waals surface area (Å²) in [5.41, 5.74) is 0. The van der Waals surface area contributed by atoms with Gasteiger partial charge in [-0.25, -0.2) is 4.98 Å². The van der Waals surface area contributed by atoms with Gasteiger partial charge in [-0.15, -0.1) is 0 Å². The molecule has 0 aromatic carbocycles. The lowest BCUT2D eigenvalue weighted by molar-refractivity contribution is -0.141. The zero-order valence-corrected chi connectivity index (χ0v) is 9.39. The summed E-state index contributed by atoms with van der Waals surface area (Å²) in [5, 5.41) is 12.2. The number of aromatic nitrogens is 2. The molecule has 5 heteroatoms. The maximum absolute atomic E-state index is 10.8. The van der Waals surface area contributed by atoms with E-state index in [4.69, 9.17) is 5.11 Å². The second-order valence-electron chi connectivity index (χ2n) is 4.23. The Morgan fingerprint density at radius 1 is 1.69 bits per heavy atom. The highest BCUT2D eigenvalue weighted by molar-refractivity contribution is 5.70.